The first-order valence-corrected chi connectivity index (χ1v) is 7.05. The zero-order chi connectivity index (χ0) is 14.3. The predicted molar refractivity (Wildman–Crippen MR) is 83.1 cm³/mol. The van der Waals surface area contributed by atoms with E-state index in [9.17, 15) is 0 Å². The molecule has 2 heterocycles. The molecule has 2 aromatic heterocycles. The van der Waals surface area contributed by atoms with Gasteiger partial charge in [0.2, 0.25) is 0 Å². The van der Waals surface area contributed by atoms with Crippen LogP contribution in [0, 0.1) is 13.8 Å². The number of aryl methyl sites for hydroxylation is 2. The lowest BCUT2D eigenvalue weighted by atomic mass is 10.1. The third kappa shape index (κ3) is 2.08. The molecule has 1 aromatic carbocycles. The standard InChI is InChI=1S/C15H14BrN3O/c1-8-6-10(4-5-12(8)20-3)14-18-9(2)13-11(16)7-17-15(13)19-14/h4-7H,1-3H3,(H,17,18,19). The Kier molecular flexibility index (Phi) is 3.22. The molecular formula is C15H14BrN3O. The third-order valence-electron chi connectivity index (χ3n) is 3.32. The number of hydrogen-bond acceptors (Lipinski definition) is 3. The number of nitrogens with zero attached hydrogens (tertiary/aromatic N) is 2. The van der Waals surface area contributed by atoms with Crippen molar-refractivity contribution in [1.29, 1.82) is 0 Å². The Bertz CT molecular complexity index is 795. The monoisotopic (exact) mass is 331 g/mol. The van der Waals surface area contributed by atoms with Gasteiger partial charge in [-0.05, 0) is 53.5 Å². The van der Waals surface area contributed by atoms with E-state index in [0.29, 0.717) is 0 Å². The van der Waals surface area contributed by atoms with Crippen molar-refractivity contribution in [1.82, 2.24) is 15.0 Å². The number of nitrogens with one attached hydrogen (secondary N) is 1. The van der Waals surface area contributed by atoms with Crippen LogP contribution in [0.25, 0.3) is 22.4 Å². The van der Waals surface area contributed by atoms with Crippen LogP contribution in [0.15, 0.2) is 28.9 Å². The number of benzene rings is 1. The van der Waals surface area contributed by atoms with Crippen molar-refractivity contribution < 1.29 is 4.74 Å². The number of fused-ring (bicyclic) bond motifs is 1. The second-order valence-electron chi connectivity index (χ2n) is 4.68. The zero-order valence-corrected chi connectivity index (χ0v) is 13.1. The van der Waals surface area contributed by atoms with Crippen molar-refractivity contribution in [2.24, 2.45) is 0 Å². The molecule has 5 heteroatoms. The molecule has 3 aromatic rings. The van der Waals surface area contributed by atoms with E-state index in [0.717, 1.165) is 43.9 Å². The second kappa shape index (κ2) is 4.90. The smallest absolute Gasteiger partial charge is 0.161 e. The van der Waals surface area contributed by atoms with Gasteiger partial charge in [-0.1, -0.05) is 0 Å². The summed E-state index contributed by atoms with van der Waals surface area (Å²) >= 11 is 3.50. The number of halogens is 1. The number of ether oxygens (including phenoxy) is 1. The Morgan fingerprint density at radius 1 is 1.20 bits per heavy atom. The summed E-state index contributed by atoms with van der Waals surface area (Å²) in [6.45, 7) is 4.00. The first-order chi connectivity index (χ1) is 9.60. The minimum Gasteiger partial charge on any atom is -0.496 e. The van der Waals surface area contributed by atoms with E-state index in [1.54, 1.807) is 7.11 Å². The minimum absolute atomic E-state index is 0.718. The van der Waals surface area contributed by atoms with Gasteiger partial charge in [-0.25, -0.2) is 9.97 Å². The van der Waals surface area contributed by atoms with E-state index in [1.807, 2.05) is 38.2 Å². The molecule has 0 fully saturated rings. The average molecular weight is 332 g/mol. The van der Waals surface area contributed by atoms with Gasteiger partial charge in [0.1, 0.15) is 11.4 Å². The van der Waals surface area contributed by atoms with Gasteiger partial charge in [-0.3, -0.25) is 0 Å². The van der Waals surface area contributed by atoms with Crippen LogP contribution >= 0.6 is 15.9 Å². The molecule has 1 N–H and O–H groups in total. The van der Waals surface area contributed by atoms with Gasteiger partial charge < -0.3 is 9.72 Å². The zero-order valence-electron chi connectivity index (χ0n) is 11.5. The van der Waals surface area contributed by atoms with Crippen LogP contribution in [0.4, 0.5) is 0 Å². The van der Waals surface area contributed by atoms with Crippen LogP contribution in [0.5, 0.6) is 5.75 Å². The summed E-state index contributed by atoms with van der Waals surface area (Å²) in [4.78, 5) is 12.3. The SMILES string of the molecule is COc1ccc(-c2nc(C)c3c(Br)c[nH]c3n2)cc1C. The first-order valence-electron chi connectivity index (χ1n) is 6.26. The topological polar surface area (TPSA) is 50.8 Å². The highest BCUT2D eigenvalue weighted by Crippen LogP contribution is 2.28. The number of aromatic nitrogens is 3. The number of H-pyrrole nitrogens is 1. The van der Waals surface area contributed by atoms with Gasteiger partial charge in [0.25, 0.3) is 0 Å². The lowest BCUT2D eigenvalue weighted by Gasteiger charge is -2.07. The largest absolute Gasteiger partial charge is 0.496 e. The molecule has 0 bridgehead atoms. The Hall–Kier alpha value is -1.88. The van der Waals surface area contributed by atoms with Gasteiger partial charge in [0.15, 0.2) is 5.82 Å². The summed E-state index contributed by atoms with van der Waals surface area (Å²) in [7, 11) is 1.67. The predicted octanol–water partition coefficient (Wildman–Crippen LogP) is 4.01. The van der Waals surface area contributed by atoms with Crippen LogP contribution in [0.3, 0.4) is 0 Å². The molecule has 0 saturated carbocycles. The quantitative estimate of drug-likeness (QED) is 0.771. The molecule has 0 aliphatic rings. The molecule has 3 rings (SSSR count). The van der Waals surface area contributed by atoms with Crippen molar-refractivity contribution >= 4 is 27.0 Å². The highest BCUT2D eigenvalue weighted by Gasteiger charge is 2.11. The first kappa shape index (κ1) is 13.1. The Morgan fingerprint density at radius 3 is 2.70 bits per heavy atom. The molecule has 0 unspecified atom stereocenters. The highest BCUT2D eigenvalue weighted by atomic mass is 79.9. The summed E-state index contributed by atoms with van der Waals surface area (Å²) in [5.74, 6) is 1.59. The number of rotatable bonds is 2. The Labute approximate surface area is 125 Å². The fraction of sp³-hybridized carbons (Fsp3) is 0.200. The molecule has 0 amide bonds. The van der Waals surface area contributed by atoms with Gasteiger partial charge in [0, 0.05) is 16.2 Å². The van der Waals surface area contributed by atoms with Crippen LogP contribution < -0.4 is 4.74 Å². The van der Waals surface area contributed by atoms with E-state index in [-0.39, 0.29) is 0 Å². The molecule has 20 heavy (non-hydrogen) atoms. The molecule has 0 atom stereocenters. The number of methoxy groups -OCH3 is 1. The van der Waals surface area contributed by atoms with Crippen LogP contribution in [0.2, 0.25) is 0 Å². The molecule has 102 valence electrons. The summed E-state index contributed by atoms with van der Waals surface area (Å²) in [6, 6.07) is 5.96. The number of aromatic amines is 1. The maximum Gasteiger partial charge on any atom is 0.161 e. The van der Waals surface area contributed by atoms with E-state index in [2.05, 4.69) is 30.9 Å². The van der Waals surface area contributed by atoms with Crippen molar-refractivity contribution in [3.05, 3.63) is 40.1 Å². The Morgan fingerprint density at radius 2 is 2.00 bits per heavy atom. The molecule has 0 aliphatic heterocycles. The molecular weight excluding hydrogens is 318 g/mol. The average Bonchev–Trinajstić information content (AvgIpc) is 2.80. The van der Waals surface area contributed by atoms with Crippen molar-refractivity contribution in [3.8, 4) is 17.1 Å². The van der Waals surface area contributed by atoms with E-state index in [1.165, 1.54) is 0 Å². The second-order valence-corrected chi connectivity index (χ2v) is 5.53. The fourth-order valence-electron chi connectivity index (χ4n) is 2.31. The molecule has 0 spiro atoms. The van der Waals surface area contributed by atoms with Crippen molar-refractivity contribution in [3.63, 3.8) is 0 Å². The Balaban J connectivity index is 2.17. The van der Waals surface area contributed by atoms with Gasteiger partial charge in [0.05, 0.1) is 18.2 Å². The van der Waals surface area contributed by atoms with Crippen molar-refractivity contribution in [2.45, 2.75) is 13.8 Å². The van der Waals surface area contributed by atoms with Gasteiger partial charge >= 0.3 is 0 Å². The van der Waals surface area contributed by atoms with E-state index < -0.39 is 0 Å². The van der Waals surface area contributed by atoms with Crippen molar-refractivity contribution in [2.75, 3.05) is 7.11 Å². The normalized spacial score (nSPS) is 11.0. The summed E-state index contributed by atoms with van der Waals surface area (Å²) in [6.07, 6.45) is 1.88. The van der Waals surface area contributed by atoms with E-state index >= 15 is 0 Å². The maximum absolute atomic E-state index is 5.28. The van der Waals surface area contributed by atoms with Gasteiger partial charge in [-0.2, -0.15) is 0 Å². The molecule has 0 radical (unpaired) electrons. The fourth-order valence-corrected chi connectivity index (χ4v) is 2.90. The summed E-state index contributed by atoms with van der Waals surface area (Å²) < 4.78 is 6.27. The maximum atomic E-state index is 5.28. The number of hydrogen-bond donors (Lipinski definition) is 1. The van der Waals surface area contributed by atoms with Crippen LogP contribution in [-0.4, -0.2) is 22.1 Å². The minimum atomic E-state index is 0.718. The van der Waals surface area contributed by atoms with E-state index in [4.69, 9.17) is 4.74 Å². The lowest BCUT2D eigenvalue weighted by molar-refractivity contribution is 0.412. The van der Waals surface area contributed by atoms with Crippen LogP contribution in [-0.2, 0) is 0 Å². The third-order valence-corrected chi connectivity index (χ3v) is 3.94. The molecule has 0 saturated heterocycles. The lowest BCUT2D eigenvalue weighted by Crippen LogP contribution is -1.95. The molecule has 0 aliphatic carbocycles. The van der Waals surface area contributed by atoms with Crippen LogP contribution in [0.1, 0.15) is 11.3 Å². The van der Waals surface area contributed by atoms with Gasteiger partial charge in [-0.15, -0.1) is 0 Å². The molecule has 4 nitrogen and oxygen atoms in total. The summed E-state index contributed by atoms with van der Waals surface area (Å²) in [5.41, 5.74) is 3.84. The highest BCUT2D eigenvalue weighted by molar-refractivity contribution is 9.10. The summed E-state index contributed by atoms with van der Waals surface area (Å²) in [5, 5.41) is 1.03.